The van der Waals surface area contributed by atoms with Gasteiger partial charge in [0, 0.05) is 55.1 Å². The lowest BCUT2D eigenvalue weighted by atomic mass is 9.84. The maximum atomic E-state index is 13.0. The summed E-state index contributed by atoms with van der Waals surface area (Å²) in [5, 5.41) is 0.694. The fourth-order valence-corrected chi connectivity index (χ4v) is 6.64. The van der Waals surface area contributed by atoms with Crippen molar-refractivity contribution in [2.75, 3.05) is 33.2 Å². The van der Waals surface area contributed by atoms with E-state index in [1.54, 1.807) is 0 Å². The van der Waals surface area contributed by atoms with Crippen LogP contribution in [0, 0.1) is 0 Å². The molecule has 0 N–H and O–H groups in total. The van der Waals surface area contributed by atoms with Crippen LogP contribution in [0.15, 0.2) is 46.9 Å². The average Bonchev–Trinajstić information content (AvgIpc) is 3.12. The molecule has 7 heteroatoms. The number of carbonyl (C=O) groups excluding carboxylic acids is 2. The fourth-order valence-electron chi connectivity index (χ4n) is 6.20. The van der Waals surface area contributed by atoms with Gasteiger partial charge in [0.2, 0.25) is 5.91 Å². The van der Waals surface area contributed by atoms with Gasteiger partial charge in [-0.25, -0.2) is 0 Å². The lowest BCUT2D eigenvalue weighted by molar-refractivity contribution is -0.136. The molecule has 0 aromatic heterocycles. The Balaban J connectivity index is 1.32. The first-order valence-corrected chi connectivity index (χ1v) is 13.9. The first-order chi connectivity index (χ1) is 16.9. The second kappa shape index (κ2) is 10.6. The summed E-state index contributed by atoms with van der Waals surface area (Å²) in [5.41, 5.74) is 3.07. The summed E-state index contributed by atoms with van der Waals surface area (Å²) in [5.74, 6) is 0.569. The summed E-state index contributed by atoms with van der Waals surface area (Å²) >= 11 is 10.0. The zero-order valence-electron chi connectivity index (χ0n) is 20.3. The molecular weight excluding hydrogens is 526 g/mol. The smallest absolute Gasteiger partial charge is 0.254 e. The van der Waals surface area contributed by atoms with Crippen LogP contribution in [-0.4, -0.2) is 65.8 Å². The molecule has 0 unspecified atom stereocenters. The molecule has 2 aromatic carbocycles. The number of carbonyl (C=O) groups is 2. The Labute approximate surface area is 221 Å². The van der Waals surface area contributed by atoms with Gasteiger partial charge < -0.3 is 14.7 Å². The minimum Gasteiger partial charge on any atom is -0.340 e. The van der Waals surface area contributed by atoms with Crippen molar-refractivity contribution in [3.8, 4) is 0 Å². The summed E-state index contributed by atoms with van der Waals surface area (Å²) in [6.07, 6.45) is 5.92. The van der Waals surface area contributed by atoms with Crippen molar-refractivity contribution in [2.45, 2.75) is 56.5 Å². The van der Waals surface area contributed by atoms with Crippen LogP contribution >= 0.6 is 27.5 Å². The largest absolute Gasteiger partial charge is 0.340 e. The van der Waals surface area contributed by atoms with E-state index >= 15 is 0 Å². The van der Waals surface area contributed by atoms with Crippen molar-refractivity contribution in [1.82, 2.24) is 14.7 Å². The molecule has 3 aliphatic heterocycles. The molecule has 0 radical (unpaired) electrons. The third-order valence-electron chi connectivity index (χ3n) is 8.11. The average molecular weight is 559 g/mol. The van der Waals surface area contributed by atoms with Crippen LogP contribution in [0.25, 0.3) is 0 Å². The van der Waals surface area contributed by atoms with Crippen LogP contribution in [0.5, 0.6) is 0 Å². The Kier molecular flexibility index (Phi) is 7.52. The van der Waals surface area contributed by atoms with Gasteiger partial charge in [-0.2, -0.15) is 0 Å². The number of rotatable bonds is 6. The van der Waals surface area contributed by atoms with Crippen LogP contribution in [0.2, 0.25) is 5.02 Å². The highest BCUT2D eigenvalue weighted by Gasteiger charge is 2.40. The van der Waals surface area contributed by atoms with Crippen molar-refractivity contribution >= 4 is 39.3 Å². The van der Waals surface area contributed by atoms with Gasteiger partial charge in [0.1, 0.15) is 0 Å². The molecule has 35 heavy (non-hydrogen) atoms. The maximum Gasteiger partial charge on any atom is 0.254 e. The third-order valence-corrected chi connectivity index (χ3v) is 9.35. The molecule has 5 rings (SSSR count). The molecule has 0 saturated carbocycles. The number of halogens is 2. The van der Waals surface area contributed by atoms with E-state index in [1.165, 1.54) is 0 Å². The van der Waals surface area contributed by atoms with Crippen LogP contribution in [-0.2, 0) is 4.79 Å². The Bertz CT molecular complexity index is 1100. The van der Waals surface area contributed by atoms with E-state index in [-0.39, 0.29) is 17.9 Å². The third kappa shape index (κ3) is 5.03. The van der Waals surface area contributed by atoms with Gasteiger partial charge in [0.05, 0.1) is 11.1 Å². The van der Waals surface area contributed by atoms with Gasteiger partial charge in [-0.05, 0) is 83.9 Å². The Hall–Kier alpha value is -1.89. The Morgan fingerprint density at radius 2 is 1.83 bits per heavy atom. The number of piperidine rings is 2. The number of likely N-dealkylation sites (N-methyl/N-ethyl adjacent to an activating group) is 1. The molecule has 186 valence electrons. The number of benzene rings is 2. The minimum atomic E-state index is -0.0144. The minimum absolute atomic E-state index is 0.0144. The number of hydrogen-bond acceptors (Lipinski definition) is 3. The predicted octanol–water partition coefficient (Wildman–Crippen LogP) is 5.88. The van der Waals surface area contributed by atoms with Gasteiger partial charge >= 0.3 is 0 Å². The fraction of sp³-hybridized carbons (Fsp3) is 0.500. The summed E-state index contributed by atoms with van der Waals surface area (Å²) in [7, 11) is 1.92. The molecule has 0 spiro atoms. The molecule has 0 aliphatic carbocycles. The Morgan fingerprint density at radius 3 is 2.57 bits per heavy atom. The van der Waals surface area contributed by atoms with Gasteiger partial charge in [-0.15, -0.1) is 0 Å². The topological polar surface area (TPSA) is 43.9 Å². The SMILES string of the molecule is CN1C(=O)c2ccccc2[C@H]1[C@@H](CCN1CCC(N2CCCCC2=O)CC1)c1ccc(Br)c(Cl)c1. The van der Waals surface area contributed by atoms with Crippen LogP contribution in [0.3, 0.4) is 0 Å². The van der Waals surface area contributed by atoms with Crippen LogP contribution < -0.4 is 0 Å². The normalized spacial score (nSPS) is 22.5. The highest BCUT2D eigenvalue weighted by atomic mass is 79.9. The monoisotopic (exact) mass is 557 g/mol. The summed E-state index contributed by atoms with van der Waals surface area (Å²) in [4.78, 5) is 32.0. The molecule has 2 aromatic rings. The highest BCUT2D eigenvalue weighted by molar-refractivity contribution is 9.10. The van der Waals surface area contributed by atoms with Gasteiger partial charge in [0.15, 0.2) is 0 Å². The van der Waals surface area contributed by atoms with E-state index in [1.807, 2.05) is 42.3 Å². The lowest BCUT2D eigenvalue weighted by Crippen LogP contribution is -2.49. The van der Waals surface area contributed by atoms with E-state index in [0.29, 0.717) is 23.4 Å². The second-order valence-electron chi connectivity index (χ2n) is 10.1. The molecule has 0 bridgehead atoms. The molecular formula is C28H33BrClN3O2. The van der Waals surface area contributed by atoms with E-state index in [9.17, 15) is 9.59 Å². The van der Waals surface area contributed by atoms with Crippen LogP contribution in [0.4, 0.5) is 0 Å². The molecule has 3 aliphatic rings. The Morgan fingerprint density at radius 1 is 1.06 bits per heavy atom. The summed E-state index contributed by atoms with van der Waals surface area (Å²) in [6, 6.07) is 14.6. The zero-order valence-corrected chi connectivity index (χ0v) is 22.6. The van der Waals surface area contributed by atoms with Gasteiger partial charge in [-0.3, -0.25) is 9.59 Å². The number of fused-ring (bicyclic) bond motifs is 1. The van der Waals surface area contributed by atoms with Crippen molar-refractivity contribution < 1.29 is 9.59 Å². The zero-order chi connectivity index (χ0) is 24.5. The van der Waals surface area contributed by atoms with Crippen molar-refractivity contribution in [3.63, 3.8) is 0 Å². The second-order valence-corrected chi connectivity index (χ2v) is 11.4. The van der Waals surface area contributed by atoms with Crippen molar-refractivity contribution in [2.24, 2.45) is 0 Å². The van der Waals surface area contributed by atoms with E-state index in [0.717, 1.165) is 79.4 Å². The number of nitrogens with zero attached hydrogens (tertiary/aromatic N) is 3. The lowest BCUT2D eigenvalue weighted by Gasteiger charge is -2.41. The molecule has 5 nitrogen and oxygen atoms in total. The molecule has 2 fully saturated rings. The molecule has 2 amide bonds. The quantitative estimate of drug-likeness (QED) is 0.445. The number of hydrogen-bond donors (Lipinski definition) is 0. The van der Waals surface area contributed by atoms with Crippen molar-refractivity contribution in [3.05, 3.63) is 68.7 Å². The predicted molar refractivity (Wildman–Crippen MR) is 143 cm³/mol. The number of amides is 2. The molecule has 3 heterocycles. The summed E-state index contributed by atoms with van der Waals surface area (Å²) in [6.45, 7) is 3.91. The first-order valence-electron chi connectivity index (χ1n) is 12.8. The molecule has 2 atom stereocenters. The molecule has 2 saturated heterocycles. The van der Waals surface area contributed by atoms with Gasteiger partial charge in [0.25, 0.3) is 5.91 Å². The van der Waals surface area contributed by atoms with E-state index in [2.05, 4.69) is 37.9 Å². The van der Waals surface area contributed by atoms with Crippen molar-refractivity contribution in [1.29, 1.82) is 0 Å². The van der Waals surface area contributed by atoms with E-state index in [4.69, 9.17) is 11.6 Å². The van der Waals surface area contributed by atoms with Gasteiger partial charge in [-0.1, -0.05) is 35.9 Å². The first kappa shape index (κ1) is 24.8. The number of likely N-dealkylation sites (tertiary alicyclic amines) is 2. The summed E-state index contributed by atoms with van der Waals surface area (Å²) < 4.78 is 0.882. The maximum absolute atomic E-state index is 13.0. The van der Waals surface area contributed by atoms with E-state index < -0.39 is 0 Å². The highest BCUT2D eigenvalue weighted by Crippen LogP contribution is 2.45. The standard InChI is InChI=1S/C28H33BrClN3O2/c1-31-27(22-6-2-3-7-23(22)28(31)35)21(19-9-10-24(29)25(30)18-19)13-17-32-15-11-20(12-16-32)33-14-5-4-8-26(33)34/h2-3,6-7,9-10,18,20-21,27H,4-5,8,11-17H2,1H3/t21-,27+/m0/s1. The van der Waals surface area contributed by atoms with Crippen LogP contribution in [0.1, 0.15) is 72.0 Å².